The molecule has 0 saturated carbocycles. The molecule has 23 heavy (non-hydrogen) atoms. The minimum Gasteiger partial charge on any atom is -0.522 e. The number of alkyl carbamates (subject to hydrolysis) is 1. The monoisotopic (exact) mass is 473 g/mol. The summed E-state index contributed by atoms with van der Waals surface area (Å²) in [5.74, 6) is -0.107. The SMILES string of the molecule is COC(=O)c1cncc(OC[CH-]NC(=O)OC(C)(C)C)c1.[Y].[Y]. The number of hydrogen-bond donors (Lipinski definition) is 1. The smallest absolute Gasteiger partial charge is 0.378 e. The molecular formula is C14H19N2O5Y2-. The first-order valence-corrected chi connectivity index (χ1v) is 6.29. The van der Waals surface area contributed by atoms with Gasteiger partial charge in [-0.1, -0.05) is 0 Å². The second-order valence-electron chi connectivity index (χ2n) is 5.06. The van der Waals surface area contributed by atoms with Crippen molar-refractivity contribution >= 4 is 12.1 Å². The number of nitrogens with one attached hydrogen (secondary N) is 1. The molecule has 0 unspecified atom stereocenters. The van der Waals surface area contributed by atoms with E-state index in [0.717, 1.165) is 0 Å². The average Bonchev–Trinajstić information content (AvgIpc) is 2.41. The molecule has 2 radical (unpaired) electrons. The number of esters is 1. The Balaban J connectivity index is 0. The standard InChI is InChI=1S/C14H19N2O5.2Y/c1-14(2,3)21-13(18)16-5-6-20-11-7-10(8-15-9-11)12(17)19-4;;/h5,7-9H,6H2,1-4H3,(H,16,18);;/q-1;;. The van der Waals surface area contributed by atoms with Gasteiger partial charge in [0.05, 0.1) is 18.9 Å². The van der Waals surface area contributed by atoms with Gasteiger partial charge in [-0.15, -0.1) is 0 Å². The van der Waals surface area contributed by atoms with Crippen molar-refractivity contribution < 1.29 is 89.2 Å². The molecule has 1 rings (SSSR count). The molecular weight excluding hydrogens is 454 g/mol. The van der Waals surface area contributed by atoms with E-state index in [1.54, 1.807) is 20.8 Å². The molecule has 0 fully saturated rings. The summed E-state index contributed by atoms with van der Waals surface area (Å²) in [4.78, 5) is 26.5. The summed E-state index contributed by atoms with van der Waals surface area (Å²) in [6.07, 6.45) is 2.27. The molecule has 1 heterocycles. The summed E-state index contributed by atoms with van der Waals surface area (Å²) in [5, 5.41) is 2.43. The van der Waals surface area contributed by atoms with Gasteiger partial charge in [-0.05, 0) is 33.4 Å². The second-order valence-corrected chi connectivity index (χ2v) is 5.06. The molecule has 0 aliphatic heterocycles. The van der Waals surface area contributed by atoms with Gasteiger partial charge < -0.3 is 19.5 Å². The zero-order chi connectivity index (χ0) is 15.9. The van der Waals surface area contributed by atoms with E-state index in [1.165, 1.54) is 32.1 Å². The van der Waals surface area contributed by atoms with E-state index in [-0.39, 0.29) is 77.6 Å². The molecule has 0 aliphatic carbocycles. The van der Waals surface area contributed by atoms with Crippen molar-refractivity contribution in [3.05, 3.63) is 30.6 Å². The van der Waals surface area contributed by atoms with Gasteiger partial charge in [0, 0.05) is 71.6 Å². The molecule has 0 aromatic carbocycles. The zero-order valence-electron chi connectivity index (χ0n) is 13.7. The van der Waals surface area contributed by atoms with Crippen LogP contribution in [0.4, 0.5) is 4.79 Å². The maximum Gasteiger partial charge on any atom is 0.378 e. The first kappa shape index (κ1) is 25.1. The number of aromatic nitrogens is 1. The van der Waals surface area contributed by atoms with E-state index in [2.05, 4.69) is 15.0 Å². The van der Waals surface area contributed by atoms with Gasteiger partial charge in [-0.25, -0.2) is 16.1 Å². The summed E-state index contributed by atoms with van der Waals surface area (Å²) in [5.41, 5.74) is -0.271. The van der Waals surface area contributed by atoms with Crippen LogP contribution in [-0.4, -0.2) is 36.4 Å². The Labute approximate surface area is 186 Å². The van der Waals surface area contributed by atoms with Crippen LogP contribution in [0.15, 0.2) is 18.5 Å². The first-order valence-electron chi connectivity index (χ1n) is 6.29. The van der Waals surface area contributed by atoms with Crippen molar-refractivity contribution in [3.63, 3.8) is 0 Å². The third-order valence-electron chi connectivity index (χ3n) is 2.09. The summed E-state index contributed by atoms with van der Waals surface area (Å²) < 4.78 is 14.9. The molecule has 1 aromatic rings. The molecule has 0 atom stereocenters. The largest absolute Gasteiger partial charge is 0.522 e. The zero-order valence-corrected chi connectivity index (χ0v) is 19.3. The number of hydrogen-bond acceptors (Lipinski definition) is 6. The molecule has 1 aromatic heterocycles. The number of rotatable bonds is 5. The number of pyridine rings is 1. The molecule has 7 nitrogen and oxygen atoms in total. The number of amides is 1. The first-order chi connectivity index (χ1) is 9.81. The number of methoxy groups -OCH3 is 1. The van der Waals surface area contributed by atoms with Crippen LogP contribution in [0.2, 0.25) is 0 Å². The van der Waals surface area contributed by atoms with Crippen molar-refractivity contribution in [3.8, 4) is 5.75 Å². The van der Waals surface area contributed by atoms with Gasteiger partial charge in [-0.3, -0.25) is 4.98 Å². The van der Waals surface area contributed by atoms with Gasteiger partial charge in [0.2, 0.25) is 0 Å². The molecule has 0 saturated heterocycles. The third-order valence-corrected chi connectivity index (χ3v) is 2.09. The molecule has 1 amide bonds. The van der Waals surface area contributed by atoms with Crippen LogP contribution in [0, 0.1) is 6.54 Å². The van der Waals surface area contributed by atoms with Crippen LogP contribution in [0.25, 0.3) is 0 Å². The van der Waals surface area contributed by atoms with Crippen molar-refractivity contribution in [2.75, 3.05) is 13.7 Å². The third kappa shape index (κ3) is 11.1. The molecule has 9 heteroatoms. The van der Waals surface area contributed by atoms with E-state index in [4.69, 9.17) is 9.47 Å². The Bertz CT molecular complexity index is 506. The summed E-state index contributed by atoms with van der Waals surface area (Å²) in [6, 6.07) is 1.50. The Kier molecular flexibility index (Phi) is 13.4. The topological polar surface area (TPSA) is 86.8 Å². The van der Waals surface area contributed by atoms with Crippen molar-refractivity contribution in [1.29, 1.82) is 0 Å². The van der Waals surface area contributed by atoms with E-state index in [1.807, 2.05) is 0 Å². The van der Waals surface area contributed by atoms with E-state index >= 15 is 0 Å². The van der Waals surface area contributed by atoms with Gasteiger partial charge >= 0.3 is 12.1 Å². The normalized spacial score (nSPS) is 9.74. The van der Waals surface area contributed by atoms with Crippen molar-refractivity contribution in [2.24, 2.45) is 0 Å². The minimum absolute atomic E-state index is 0. The van der Waals surface area contributed by atoms with E-state index in [0.29, 0.717) is 5.75 Å². The Hall–Kier alpha value is -0.102. The summed E-state index contributed by atoms with van der Waals surface area (Å²) in [7, 11) is 1.29. The number of carbonyl (C=O) groups excluding carboxylic acids is 2. The Morgan fingerprint density at radius 2 is 1.91 bits per heavy atom. The number of ether oxygens (including phenoxy) is 3. The van der Waals surface area contributed by atoms with E-state index < -0.39 is 17.7 Å². The fraction of sp³-hybridized carbons (Fsp3) is 0.429. The summed E-state index contributed by atoms with van der Waals surface area (Å²) >= 11 is 0. The van der Waals surface area contributed by atoms with Crippen molar-refractivity contribution in [1.82, 2.24) is 10.3 Å². The fourth-order valence-corrected chi connectivity index (χ4v) is 1.30. The molecule has 1 N–H and O–H groups in total. The quantitative estimate of drug-likeness (QED) is 0.400. The average molecular weight is 473 g/mol. The predicted octanol–water partition coefficient (Wildman–Crippen LogP) is 1.93. The Morgan fingerprint density at radius 3 is 2.48 bits per heavy atom. The summed E-state index contributed by atoms with van der Waals surface area (Å²) in [6.45, 7) is 6.82. The van der Waals surface area contributed by atoms with Crippen LogP contribution in [0.5, 0.6) is 5.75 Å². The van der Waals surface area contributed by atoms with Crippen LogP contribution < -0.4 is 10.1 Å². The predicted molar refractivity (Wildman–Crippen MR) is 74.7 cm³/mol. The molecule has 0 spiro atoms. The van der Waals surface area contributed by atoms with Gasteiger partial charge in [0.1, 0.15) is 11.4 Å². The van der Waals surface area contributed by atoms with Gasteiger partial charge in [0.25, 0.3) is 0 Å². The van der Waals surface area contributed by atoms with Crippen LogP contribution >= 0.6 is 0 Å². The molecule has 122 valence electrons. The number of nitrogens with zero attached hydrogens (tertiary/aromatic N) is 1. The van der Waals surface area contributed by atoms with Crippen LogP contribution in [0.1, 0.15) is 31.1 Å². The molecule has 0 aliphatic rings. The maximum atomic E-state index is 11.4. The fourth-order valence-electron chi connectivity index (χ4n) is 1.30. The van der Waals surface area contributed by atoms with Crippen molar-refractivity contribution in [2.45, 2.75) is 26.4 Å². The van der Waals surface area contributed by atoms with Crippen LogP contribution in [-0.2, 0) is 74.9 Å². The van der Waals surface area contributed by atoms with Crippen LogP contribution in [0.3, 0.4) is 0 Å². The second kappa shape index (κ2) is 12.3. The number of carbonyl (C=O) groups is 2. The maximum absolute atomic E-state index is 11.4. The molecule has 0 bridgehead atoms. The van der Waals surface area contributed by atoms with Gasteiger partial charge in [-0.2, -0.15) is 0 Å². The van der Waals surface area contributed by atoms with E-state index in [9.17, 15) is 9.59 Å². The minimum atomic E-state index is -0.562. The van der Waals surface area contributed by atoms with Gasteiger partial charge in [0.15, 0.2) is 0 Å². The Morgan fingerprint density at radius 1 is 1.26 bits per heavy atom.